The van der Waals surface area contributed by atoms with Crippen molar-refractivity contribution in [2.75, 3.05) is 5.73 Å². The first-order valence-electron chi connectivity index (χ1n) is 5.09. The van der Waals surface area contributed by atoms with E-state index in [0.29, 0.717) is 16.3 Å². The topological polar surface area (TPSA) is 56.0 Å². The summed E-state index contributed by atoms with van der Waals surface area (Å²) in [6, 6.07) is 5.76. The molecule has 0 aliphatic carbocycles. The number of anilines is 1. The lowest BCUT2D eigenvalue weighted by Crippen LogP contribution is -2.01. The first kappa shape index (κ1) is 13.0. The van der Waals surface area contributed by atoms with E-state index in [0.717, 1.165) is 6.07 Å². The molecule has 0 spiro atoms. The van der Waals surface area contributed by atoms with Crippen molar-refractivity contribution in [3.8, 4) is 0 Å². The Morgan fingerprint density at radius 1 is 1.39 bits per heavy atom. The molecule has 18 heavy (non-hydrogen) atoms. The summed E-state index contributed by atoms with van der Waals surface area (Å²) in [6.45, 7) is 0. The maximum Gasteiger partial charge on any atom is 0.141 e. The lowest BCUT2D eigenvalue weighted by Gasteiger charge is -2.06. The second-order valence-electron chi connectivity index (χ2n) is 3.65. The number of nitrogens with zero attached hydrogens (tertiary/aromatic N) is 1. The number of rotatable bonds is 3. The number of hydrogen-bond donors (Lipinski definition) is 1. The summed E-state index contributed by atoms with van der Waals surface area (Å²) in [5, 5.41) is 0.418. The molecule has 0 amide bonds. The summed E-state index contributed by atoms with van der Waals surface area (Å²) in [6.07, 6.45) is 3.02. The zero-order valence-electron chi connectivity index (χ0n) is 9.27. The van der Waals surface area contributed by atoms with Gasteiger partial charge in [0.1, 0.15) is 5.82 Å². The SMILES string of the molecule is Nc1ccc(S(=O)Cc2ccncc2Cl)c(F)c1. The predicted octanol–water partition coefficient (Wildman–Crippen LogP) is 2.76. The van der Waals surface area contributed by atoms with Gasteiger partial charge in [-0.1, -0.05) is 11.6 Å². The van der Waals surface area contributed by atoms with Gasteiger partial charge in [0.25, 0.3) is 0 Å². The normalized spacial score (nSPS) is 12.3. The molecule has 6 heteroatoms. The van der Waals surface area contributed by atoms with Gasteiger partial charge in [0.15, 0.2) is 0 Å². The van der Waals surface area contributed by atoms with Gasteiger partial charge in [0.2, 0.25) is 0 Å². The molecule has 2 N–H and O–H groups in total. The fraction of sp³-hybridized carbons (Fsp3) is 0.0833. The smallest absolute Gasteiger partial charge is 0.141 e. The Labute approximate surface area is 111 Å². The monoisotopic (exact) mass is 284 g/mol. The standard InChI is InChI=1S/C12H10ClFN2OS/c13-10-6-16-4-3-8(10)7-18(17)12-2-1-9(15)5-11(12)14/h1-6H,7,15H2. The fourth-order valence-corrected chi connectivity index (χ4v) is 2.89. The van der Waals surface area contributed by atoms with Crippen molar-refractivity contribution in [1.82, 2.24) is 4.98 Å². The van der Waals surface area contributed by atoms with Crippen molar-refractivity contribution < 1.29 is 8.60 Å². The maximum atomic E-state index is 13.6. The molecular formula is C12H10ClFN2OS. The summed E-state index contributed by atoms with van der Waals surface area (Å²) in [4.78, 5) is 3.95. The number of pyridine rings is 1. The van der Waals surface area contributed by atoms with E-state index in [2.05, 4.69) is 4.98 Å². The number of benzene rings is 1. The third kappa shape index (κ3) is 2.86. The van der Waals surface area contributed by atoms with E-state index in [1.165, 1.54) is 18.3 Å². The molecule has 0 saturated heterocycles. The Bertz CT molecular complexity index is 606. The van der Waals surface area contributed by atoms with Crippen molar-refractivity contribution in [2.45, 2.75) is 10.6 Å². The van der Waals surface area contributed by atoms with E-state index >= 15 is 0 Å². The van der Waals surface area contributed by atoms with Crippen LogP contribution < -0.4 is 5.73 Å². The molecule has 1 heterocycles. The van der Waals surface area contributed by atoms with Gasteiger partial charge in [-0.2, -0.15) is 0 Å². The Morgan fingerprint density at radius 3 is 2.83 bits per heavy atom. The highest BCUT2D eigenvalue weighted by molar-refractivity contribution is 7.84. The average molecular weight is 285 g/mol. The van der Waals surface area contributed by atoms with Crippen LogP contribution in [0.15, 0.2) is 41.6 Å². The molecular weight excluding hydrogens is 275 g/mol. The molecule has 1 unspecified atom stereocenters. The quantitative estimate of drug-likeness (QED) is 0.882. The van der Waals surface area contributed by atoms with Crippen molar-refractivity contribution in [3.63, 3.8) is 0 Å². The average Bonchev–Trinajstić information content (AvgIpc) is 2.32. The van der Waals surface area contributed by atoms with Crippen molar-refractivity contribution in [3.05, 3.63) is 53.1 Å². The third-order valence-electron chi connectivity index (χ3n) is 2.34. The third-order valence-corrected chi connectivity index (χ3v) is 4.08. The minimum atomic E-state index is -1.51. The van der Waals surface area contributed by atoms with Crippen molar-refractivity contribution >= 4 is 28.1 Å². The van der Waals surface area contributed by atoms with Gasteiger partial charge in [-0.15, -0.1) is 0 Å². The zero-order valence-corrected chi connectivity index (χ0v) is 10.8. The zero-order chi connectivity index (χ0) is 13.1. The van der Waals surface area contributed by atoms with Crippen LogP contribution in [0.2, 0.25) is 5.02 Å². The Hall–Kier alpha value is -1.46. The second kappa shape index (κ2) is 5.46. The largest absolute Gasteiger partial charge is 0.399 e. The van der Waals surface area contributed by atoms with Gasteiger partial charge in [0.05, 0.1) is 26.5 Å². The van der Waals surface area contributed by atoms with E-state index < -0.39 is 16.6 Å². The lowest BCUT2D eigenvalue weighted by molar-refractivity contribution is 0.596. The molecule has 3 nitrogen and oxygen atoms in total. The molecule has 0 aliphatic heterocycles. The Balaban J connectivity index is 2.25. The van der Waals surface area contributed by atoms with E-state index in [1.54, 1.807) is 12.3 Å². The van der Waals surface area contributed by atoms with Crippen LogP contribution >= 0.6 is 11.6 Å². The van der Waals surface area contributed by atoms with Gasteiger partial charge in [0, 0.05) is 18.1 Å². The summed E-state index contributed by atoms with van der Waals surface area (Å²) in [5.74, 6) is -0.430. The second-order valence-corrected chi connectivity index (χ2v) is 5.47. The molecule has 0 fully saturated rings. The molecule has 0 aliphatic rings. The lowest BCUT2D eigenvalue weighted by atomic mass is 10.3. The molecule has 94 valence electrons. The van der Waals surface area contributed by atoms with Gasteiger partial charge >= 0.3 is 0 Å². The Kier molecular flexibility index (Phi) is 3.93. The Morgan fingerprint density at radius 2 is 2.17 bits per heavy atom. The summed E-state index contributed by atoms with van der Waals surface area (Å²) < 4.78 is 25.6. The summed E-state index contributed by atoms with van der Waals surface area (Å²) in [7, 11) is -1.51. The minimum absolute atomic E-state index is 0.122. The van der Waals surface area contributed by atoms with Crippen LogP contribution in [-0.2, 0) is 16.6 Å². The molecule has 1 aromatic carbocycles. The molecule has 1 aromatic heterocycles. The molecule has 0 bridgehead atoms. The fourth-order valence-electron chi connectivity index (χ4n) is 1.44. The van der Waals surface area contributed by atoms with Crippen LogP contribution in [0.5, 0.6) is 0 Å². The number of nitrogens with two attached hydrogens (primary N) is 1. The van der Waals surface area contributed by atoms with Crippen LogP contribution in [0.1, 0.15) is 5.56 Å². The molecule has 0 radical (unpaired) electrons. The first-order chi connectivity index (χ1) is 8.58. The number of halogens is 2. The van der Waals surface area contributed by atoms with Gasteiger partial charge in [-0.05, 0) is 29.8 Å². The van der Waals surface area contributed by atoms with E-state index in [9.17, 15) is 8.60 Å². The van der Waals surface area contributed by atoms with Gasteiger partial charge in [-0.25, -0.2) is 4.39 Å². The van der Waals surface area contributed by atoms with Crippen LogP contribution in [0.25, 0.3) is 0 Å². The van der Waals surface area contributed by atoms with Crippen LogP contribution in [0.4, 0.5) is 10.1 Å². The van der Waals surface area contributed by atoms with Crippen LogP contribution in [0, 0.1) is 5.82 Å². The molecule has 1 atom stereocenters. The molecule has 2 rings (SSSR count). The number of aromatic nitrogens is 1. The highest BCUT2D eigenvalue weighted by Crippen LogP contribution is 2.21. The minimum Gasteiger partial charge on any atom is -0.399 e. The number of hydrogen-bond acceptors (Lipinski definition) is 3. The highest BCUT2D eigenvalue weighted by atomic mass is 35.5. The van der Waals surface area contributed by atoms with E-state index in [-0.39, 0.29) is 10.6 Å². The maximum absolute atomic E-state index is 13.6. The number of nitrogen functional groups attached to an aromatic ring is 1. The van der Waals surface area contributed by atoms with E-state index in [1.807, 2.05) is 0 Å². The van der Waals surface area contributed by atoms with Gasteiger partial charge in [-0.3, -0.25) is 9.19 Å². The van der Waals surface area contributed by atoms with Crippen LogP contribution in [-0.4, -0.2) is 9.19 Å². The summed E-state index contributed by atoms with van der Waals surface area (Å²) in [5.41, 5.74) is 6.40. The molecule has 0 saturated carbocycles. The van der Waals surface area contributed by atoms with Crippen molar-refractivity contribution in [2.24, 2.45) is 0 Å². The first-order valence-corrected chi connectivity index (χ1v) is 6.79. The highest BCUT2D eigenvalue weighted by Gasteiger charge is 2.12. The van der Waals surface area contributed by atoms with Crippen LogP contribution in [0.3, 0.4) is 0 Å². The van der Waals surface area contributed by atoms with Crippen molar-refractivity contribution in [1.29, 1.82) is 0 Å². The summed E-state index contributed by atoms with van der Waals surface area (Å²) >= 11 is 5.91. The molecule has 2 aromatic rings. The van der Waals surface area contributed by atoms with E-state index in [4.69, 9.17) is 17.3 Å². The van der Waals surface area contributed by atoms with Gasteiger partial charge < -0.3 is 5.73 Å². The predicted molar refractivity (Wildman–Crippen MR) is 70.2 cm³/mol.